The molecule has 9 nitrogen and oxygen atoms in total. The molecule has 1 aliphatic carbocycles. The molecule has 0 bridgehead atoms. The molecule has 4 aromatic rings. The highest BCUT2D eigenvalue weighted by Crippen LogP contribution is 2.31. The summed E-state index contributed by atoms with van der Waals surface area (Å²) >= 11 is 0. The molecule has 1 unspecified atom stereocenters. The predicted octanol–water partition coefficient (Wildman–Crippen LogP) is 4.95. The van der Waals surface area contributed by atoms with Gasteiger partial charge in [-0.05, 0) is 87.2 Å². The number of hydrogen-bond donors (Lipinski definition) is 4. The average molecular weight is 551 g/mol. The number of piperidine rings is 1. The van der Waals surface area contributed by atoms with Gasteiger partial charge >= 0.3 is 0 Å². The van der Waals surface area contributed by atoms with E-state index in [1.54, 1.807) is 18.5 Å². The van der Waals surface area contributed by atoms with Gasteiger partial charge in [0.15, 0.2) is 0 Å². The summed E-state index contributed by atoms with van der Waals surface area (Å²) in [7, 11) is 0. The number of carbonyl (C=O) groups is 2. The molecular weight excluding hydrogens is 516 g/mol. The Bertz CT molecular complexity index is 1660. The number of H-pyrrole nitrogens is 1. The lowest BCUT2D eigenvalue weighted by atomic mass is 9.86. The fraction of sp³-hybridized carbons (Fsp3) is 0.281. The smallest absolute Gasteiger partial charge is 0.272 e. The normalized spacial score (nSPS) is 19.7. The van der Waals surface area contributed by atoms with Crippen molar-refractivity contribution in [2.75, 3.05) is 23.7 Å². The number of carbonyl (C=O) groups excluding carboxylic acids is 2. The van der Waals surface area contributed by atoms with E-state index < -0.39 is 0 Å². The second kappa shape index (κ2) is 10.8. The van der Waals surface area contributed by atoms with Gasteiger partial charge in [0, 0.05) is 47.2 Å². The first-order valence-electron chi connectivity index (χ1n) is 14.0. The van der Waals surface area contributed by atoms with Crippen molar-refractivity contribution in [2.45, 2.75) is 44.8 Å². The van der Waals surface area contributed by atoms with Gasteiger partial charge < -0.3 is 20.7 Å². The topological polar surface area (TPSA) is 115 Å². The van der Waals surface area contributed by atoms with E-state index in [9.17, 15) is 14.7 Å². The van der Waals surface area contributed by atoms with Gasteiger partial charge in [0.2, 0.25) is 0 Å². The molecule has 1 atom stereocenters. The number of rotatable bonds is 6. The highest BCUT2D eigenvalue weighted by molar-refractivity contribution is 6.06. The summed E-state index contributed by atoms with van der Waals surface area (Å²) in [6.07, 6.45) is 11.7. The monoisotopic (exact) mass is 550 g/mol. The first-order valence-corrected chi connectivity index (χ1v) is 14.0. The number of likely N-dealkylation sites (tertiary alicyclic amines) is 1. The highest BCUT2D eigenvalue weighted by atomic mass is 16.3. The largest absolute Gasteiger partial charge is 0.393 e. The Morgan fingerprint density at radius 2 is 1.76 bits per heavy atom. The van der Waals surface area contributed by atoms with Crippen LogP contribution in [0.4, 0.5) is 11.4 Å². The van der Waals surface area contributed by atoms with Gasteiger partial charge in [0.1, 0.15) is 5.69 Å². The van der Waals surface area contributed by atoms with Crippen LogP contribution in [0.5, 0.6) is 0 Å². The van der Waals surface area contributed by atoms with E-state index in [4.69, 9.17) is 0 Å². The van der Waals surface area contributed by atoms with Crippen LogP contribution < -0.4 is 10.6 Å². The molecule has 1 aliphatic heterocycles. The van der Waals surface area contributed by atoms with Crippen molar-refractivity contribution in [1.82, 2.24) is 19.7 Å². The van der Waals surface area contributed by atoms with Crippen molar-refractivity contribution >= 4 is 34.1 Å². The summed E-state index contributed by atoms with van der Waals surface area (Å²) in [6.45, 7) is 5.84. The van der Waals surface area contributed by atoms with Gasteiger partial charge in [-0.15, -0.1) is 0 Å². The number of nitrogens with one attached hydrogen (secondary N) is 3. The molecule has 6 rings (SSSR count). The molecule has 210 valence electrons. The minimum absolute atomic E-state index is 0.136. The van der Waals surface area contributed by atoms with Crippen molar-refractivity contribution in [3.63, 3.8) is 0 Å². The number of aromatic amines is 1. The van der Waals surface area contributed by atoms with E-state index in [1.165, 1.54) is 0 Å². The third-order valence-corrected chi connectivity index (χ3v) is 8.07. The van der Waals surface area contributed by atoms with Crippen LogP contribution in [-0.2, 0) is 4.79 Å². The molecule has 2 amide bonds. The van der Waals surface area contributed by atoms with E-state index in [0.717, 1.165) is 54.5 Å². The molecule has 2 aliphatic rings. The van der Waals surface area contributed by atoms with Gasteiger partial charge in [-0.25, -0.2) is 4.68 Å². The predicted molar refractivity (Wildman–Crippen MR) is 160 cm³/mol. The summed E-state index contributed by atoms with van der Waals surface area (Å²) in [4.78, 5) is 30.8. The number of fused-ring (bicyclic) bond motifs is 1. The molecule has 3 heterocycles. The SMILES string of the molecule is Cc1c[nH]c(C(=O)Nc2ccc(-n3ncc4cc(NC(=O)C5=CCC(C)(N6CCC(O)CC6)C=C5)ccc43)cc2)c1. The van der Waals surface area contributed by atoms with E-state index in [0.29, 0.717) is 22.6 Å². The Hall–Kier alpha value is -4.47. The zero-order valence-corrected chi connectivity index (χ0v) is 23.2. The summed E-state index contributed by atoms with van der Waals surface area (Å²) in [5, 5.41) is 21.2. The van der Waals surface area contributed by atoms with Crippen LogP contribution in [0.3, 0.4) is 0 Å². The number of nitrogens with zero attached hydrogens (tertiary/aromatic N) is 3. The molecule has 2 aromatic carbocycles. The summed E-state index contributed by atoms with van der Waals surface area (Å²) < 4.78 is 1.83. The lowest BCUT2D eigenvalue weighted by Crippen LogP contribution is -2.50. The third kappa shape index (κ3) is 5.59. The molecule has 41 heavy (non-hydrogen) atoms. The number of aryl methyl sites for hydroxylation is 1. The first-order chi connectivity index (χ1) is 19.8. The Morgan fingerprint density at radius 3 is 2.44 bits per heavy atom. The summed E-state index contributed by atoms with van der Waals surface area (Å²) in [5.41, 5.74) is 5.17. The van der Waals surface area contributed by atoms with Crippen LogP contribution in [0, 0.1) is 6.92 Å². The quantitative estimate of drug-likeness (QED) is 0.271. The van der Waals surface area contributed by atoms with Crippen LogP contribution in [0.25, 0.3) is 16.6 Å². The van der Waals surface area contributed by atoms with Crippen molar-refractivity contribution in [3.8, 4) is 5.69 Å². The Morgan fingerprint density at radius 1 is 1.02 bits per heavy atom. The lowest BCUT2D eigenvalue weighted by Gasteiger charge is -2.43. The molecular formula is C32H34N6O3. The highest BCUT2D eigenvalue weighted by Gasteiger charge is 2.33. The van der Waals surface area contributed by atoms with Gasteiger partial charge in [0.05, 0.1) is 23.5 Å². The molecule has 0 radical (unpaired) electrons. The van der Waals surface area contributed by atoms with E-state index >= 15 is 0 Å². The summed E-state index contributed by atoms with van der Waals surface area (Å²) in [6, 6.07) is 15.0. The number of benzene rings is 2. The van der Waals surface area contributed by atoms with Gasteiger partial charge in [0.25, 0.3) is 11.8 Å². The molecule has 2 aromatic heterocycles. The molecule has 1 fully saturated rings. The standard InChI is InChI=1S/C32H34N6O3/c1-21-17-28(33-19-21)31(41)35-24-3-6-26(7-4-24)38-29-8-5-25(18-23(29)20-34-38)36-30(40)22-9-13-32(2,14-10-22)37-15-11-27(39)12-16-37/h3-10,13,17-20,27,33,39H,11-12,14-16H2,1-2H3,(H,35,41)(H,36,40). The molecule has 0 saturated carbocycles. The number of hydrogen-bond acceptors (Lipinski definition) is 5. The minimum atomic E-state index is -0.205. The lowest BCUT2D eigenvalue weighted by molar-refractivity contribution is -0.112. The van der Waals surface area contributed by atoms with Crippen LogP contribution in [0.15, 0.2) is 84.7 Å². The fourth-order valence-electron chi connectivity index (χ4n) is 5.54. The van der Waals surface area contributed by atoms with Gasteiger partial charge in [-0.2, -0.15) is 5.10 Å². The number of aliphatic hydroxyl groups excluding tert-OH is 1. The number of aliphatic hydroxyl groups is 1. The second-order valence-electron chi connectivity index (χ2n) is 11.1. The molecule has 0 spiro atoms. The minimum Gasteiger partial charge on any atom is -0.393 e. The second-order valence-corrected chi connectivity index (χ2v) is 11.1. The van der Waals surface area contributed by atoms with E-state index in [1.807, 2.05) is 66.2 Å². The number of anilines is 2. The van der Waals surface area contributed by atoms with Crippen molar-refractivity contribution in [2.24, 2.45) is 0 Å². The molecule has 9 heteroatoms. The van der Waals surface area contributed by atoms with Crippen molar-refractivity contribution < 1.29 is 14.7 Å². The molecule has 4 N–H and O–H groups in total. The Labute approximate surface area is 238 Å². The van der Waals surface area contributed by atoms with Gasteiger partial charge in [-0.1, -0.05) is 18.2 Å². The molecule has 1 saturated heterocycles. The van der Waals surface area contributed by atoms with Crippen LogP contribution in [0.1, 0.15) is 42.2 Å². The number of aromatic nitrogens is 3. The van der Waals surface area contributed by atoms with Crippen LogP contribution in [0.2, 0.25) is 0 Å². The van der Waals surface area contributed by atoms with Gasteiger partial charge in [-0.3, -0.25) is 14.5 Å². The number of amides is 2. The van der Waals surface area contributed by atoms with Crippen molar-refractivity contribution in [3.05, 3.63) is 96.0 Å². The Balaban J connectivity index is 1.10. The average Bonchev–Trinajstić information content (AvgIpc) is 3.60. The maximum Gasteiger partial charge on any atom is 0.272 e. The van der Waals surface area contributed by atoms with E-state index in [2.05, 4.69) is 38.6 Å². The zero-order valence-electron chi connectivity index (χ0n) is 23.2. The fourth-order valence-corrected chi connectivity index (χ4v) is 5.54. The third-order valence-electron chi connectivity index (χ3n) is 8.07. The Kier molecular flexibility index (Phi) is 7.07. The van der Waals surface area contributed by atoms with Crippen molar-refractivity contribution in [1.29, 1.82) is 0 Å². The van der Waals surface area contributed by atoms with Crippen LogP contribution >= 0.6 is 0 Å². The maximum atomic E-state index is 13.0. The van der Waals surface area contributed by atoms with Crippen LogP contribution in [-0.4, -0.2) is 61.3 Å². The zero-order chi connectivity index (χ0) is 28.6. The van der Waals surface area contributed by atoms with E-state index in [-0.39, 0.29) is 23.5 Å². The summed E-state index contributed by atoms with van der Waals surface area (Å²) in [5.74, 6) is -0.336. The maximum absolute atomic E-state index is 13.0. The first kappa shape index (κ1) is 26.7.